The van der Waals surface area contributed by atoms with Crippen molar-refractivity contribution in [3.63, 3.8) is 0 Å². The highest BCUT2D eigenvalue weighted by Crippen LogP contribution is 2.08. The predicted octanol–water partition coefficient (Wildman–Crippen LogP) is 3.88. The minimum absolute atomic E-state index is 0.151. The number of carbonyl (C=O) groups is 1. The Morgan fingerprint density at radius 1 is 1.12 bits per heavy atom. The van der Waals surface area contributed by atoms with E-state index in [4.69, 9.17) is 0 Å². The van der Waals surface area contributed by atoms with Crippen LogP contribution in [-0.4, -0.2) is 17.1 Å². The van der Waals surface area contributed by atoms with Gasteiger partial charge in [0.2, 0.25) is 6.33 Å². The molecule has 0 saturated carbocycles. The van der Waals surface area contributed by atoms with E-state index in [1.807, 2.05) is 31.2 Å². The molecule has 0 radical (unpaired) electrons. The van der Waals surface area contributed by atoms with Crippen LogP contribution in [0.15, 0.2) is 43.0 Å². The average Bonchev–Trinajstić information content (AvgIpc) is 3.05. The lowest BCUT2D eigenvalue weighted by atomic mass is 10.2. The number of aryl methyl sites for hydroxylation is 3. The van der Waals surface area contributed by atoms with E-state index in [1.54, 1.807) is 0 Å². The van der Waals surface area contributed by atoms with E-state index in [9.17, 15) is 4.79 Å². The number of rotatable bonds is 10. The first-order valence-corrected chi connectivity index (χ1v) is 9.33. The number of nitrogens with zero attached hydrogens (tertiary/aromatic N) is 2. The largest absolute Gasteiger partial charge is 0.338 e. The summed E-state index contributed by atoms with van der Waals surface area (Å²) in [5, 5.41) is 5.75. The first-order chi connectivity index (χ1) is 12.2. The summed E-state index contributed by atoms with van der Waals surface area (Å²) in [6, 6.07) is 7.64. The molecule has 136 valence electrons. The topological polar surface area (TPSA) is 49.9 Å². The molecule has 0 aliphatic rings. The summed E-state index contributed by atoms with van der Waals surface area (Å²) in [5.41, 5.74) is 2.00. The summed E-state index contributed by atoms with van der Waals surface area (Å²) in [5.74, 6) is 0. The molecule has 0 aliphatic heterocycles. The van der Waals surface area contributed by atoms with E-state index in [0.717, 1.165) is 25.2 Å². The van der Waals surface area contributed by atoms with Gasteiger partial charge in [-0.3, -0.25) is 0 Å². The highest BCUT2D eigenvalue weighted by atomic mass is 16.2. The van der Waals surface area contributed by atoms with Crippen LogP contribution < -0.4 is 15.2 Å². The van der Waals surface area contributed by atoms with Gasteiger partial charge in [-0.1, -0.05) is 37.5 Å². The van der Waals surface area contributed by atoms with Gasteiger partial charge in [-0.2, -0.15) is 0 Å². The molecular weight excluding hydrogens is 312 g/mol. The Balaban J connectivity index is 1.60. The highest BCUT2D eigenvalue weighted by molar-refractivity contribution is 5.89. The fraction of sp³-hybridized carbons (Fsp3) is 0.500. The number of amides is 2. The molecule has 0 spiro atoms. The summed E-state index contributed by atoms with van der Waals surface area (Å²) in [4.78, 5) is 11.9. The second-order valence-corrected chi connectivity index (χ2v) is 6.55. The SMILES string of the molecule is CCCCCCn1cc[n+](CCCNC(=O)Nc2ccc(C)cc2)c1. The van der Waals surface area contributed by atoms with Crippen LogP contribution in [-0.2, 0) is 13.1 Å². The Morgan fingerprint density at radius 2 is 1.92 bits per heavy atom. The molecule has 1 heterocycles. The summed E-state index contributed by atoms with van der Waals surface area (Å²) < 4.78 is 4.42. The van der Waals surface area contributed by atoms with Crippen molar-refractivity contribution in [1.82, 2.24) is 9.88 Å². The lowest BCUT2D eigenvalue weighted by Crippen LogP contribution is -2.35. The summed E-state index contributed by atoms with van der Waals surface area (Å²) in [6.07, 6.45) is 12.4. The third-order valence-electron chi connectivity index (χ3n) is 4.20. The van der Waals surface area contributed by atoms with Gasteiger partial charge < -0.3 is 10.6 Å². The quantitative estimate of drug-likeness (QED) is 0.499. The van der Waals surface area contributed by atoms with Gasteiger partial charge in [0, 0.05) is 18.7 Å². The number of anilines is 1. The normalized spacial score (nSPS) is 10.6. The minimum Gasteiger partial charge on any atom is -0.338 e. The molecule has 0 bridgehead atoms. The summed E-state index contributed by atoms with van der Waals surface area (Å²) >= 11 is 0. The van der Waals surface area contributed by atoms with E-state index in [2.05, 4.69) is 45.4 Å². The third-order valence-corrected chi connectivity index (χ3v) is 4.20. The summed E-state index contributed by atoms with van der Waals surface area (Å²) in [7, 11) is 0. The van der Waals surface area contributed by atoms with Gasteiger partial charge in [-0.15, -0.1) is 0 Å². The van der Waals surface area contributed by atoms with Crippen LogP contribution >= 0.6 is 0 Å². The predicted molar refractivity (Wildman–Crippen MR) is 102 cm³/mol. The molecule has 5 heteroatoms. The number of imidazole rings is 1. The third kappa shape index (κ3) is 7.42. The standard InChI is InChI=1S/C20H30N4O/c1-3-4-5-6-13-23-15-16-24(17-23)14-7-12-21-20(25)22-19-10-8-18(2)9-11-19/h8-11,15-17H,3-7,12-14H2,1-2H3,(H-,21,22,25)/p+1. The van der Waals surface area contributed by atoms with Crippen molar-refractivity contribution in [3.05, 3.63) is 48.5 Å². The van der Waals surface area contributed by atoms with Crippen molar-refractivity contribution in [2.75, 3.05) is 11.9 Å². The molecule has 0 aliphatic carbocycles. The molecule has 2 rings (SSSR count). The zero-order valence-electron chi connectivity index (χ0n) is 15.5. The van der Waals surface area contributed by atoms with Crippen LogP contribution in [0.4, 0.5) is 10.5 Å². The molecule has 1 aromatic heterocycles. The molecule has 5 nitrogen and oxygen atoms in total. The van der Waals surface area contributed by atoms with Gasteiger partial charge in [0.15, 0.2) is 0 Å². The molecule has 25 heavy (non-hydrogen) atoms. The van der Waals surface area contributed by atoms with Gasteiger partial charge in [-0.25, -0.2) is 13.9 Å². The van der Waals surface area contributed by atoms with Crippen LogP contribution in [0.2, 0.25) is 0 Å². The van der Waals surface area contributed by atoms with Crippen LogP contribution in [0.1, 0.15) is 44.6 Å². The number of carbonyl (C=O) groups excluding carboxylic acids is 1. The van der Waals surface area contributed by atoms with Gasteiger partial charge >= 0.3 is 6.03 Å². The second-order valence-electron chi connectivity index (χ2n) is 6.55. The fourth-order valence-corrected chi connectivity index (χ4v) is 2.70. The van der Waals surface area contributed by atoms with Gasteiger partial charge in [0.1, 0.15) is 12.4 Å². The van der Waals surface area contributed by atoms with E-state index in [0.29, 0.717) is 6.54 Å². The van der Waals surface area contributed by atoms with E-state index < -0.39 is 0 Å². The number of urea groups is 1. The molecule has 0 fully saturated rings. The number of hydrogen-bond donors (Lipinski definition) is 2. The maximum absolute atomic E-state index is 11.9. The lowest BCUT2D eigenvalue weighted by molar-refractivity contribution is -0.696. The number of unbranched alkanes of at least 4 members (excludes halogenated alkanes) is 3. The number of nitrogens with one attached hydrogen (secondary N) is 2. The van der Waals surface area contributed by atoms with Gasteiger partial charge in [0.05, 0.1) is 13.1 Å². The molecule has 0 saturated heterocycles. The molecule has 2 N–H and O–H groups in total. The molecule has 0 unspecified atom stereocenters. The Morgan fingerprint density at radius 3 is 2.68 bits per heavy atom. The van der Waals surface area contributed by atoms with Crippen LogP contribution in [0.3, 0.4) is 0 Å². The maximum Gasteiger partial charge on any atom is 0.319 e. The van der Waals surface area contributed by atoms with Crippen LogP contribution in [0, 0.1) is 6.92 Å². The van der Waals surface area contributed by atoms with Crippen molar-refractivity contribution in [2.45, 2.75) is 59.0 Å². The number of aromatic nitrogens is 2. The van der Waals surface area contributed by atoms with E-state index in [1.165, 1.54) is 31.2 Å². The Labute approximate surface area is 151 Å². The van der Waals surface area contributed by atoms with Crippen LogP contribution in [0.25, 0.3) is 0 Å². The van der Waals surface area contributed by atoms with Crippen molar-refractivity contribution < 1.29 is 9.36 Å². The van der Waals surface area contributed by atoms with Gasteiger partial charge in [0.25, 0.3) is 0 Å². The monoisotopic (exact) mass is 343 g/mol. The minimum atomic E-state index is -0.151. The highest BCUT2D eigenvalue weighted by Gasteiger charge is 2.04. The van der Waals surface area contributed by atoms with Gasteiger partial charge in [-0.05, 0) is 31.9 Å². The zero-order chi connectivity index (χ0) is 17.9. The zero-order valence-corrected chi connectivity index (χ0v) is 15.5. The van der Waals surface area contributed by atoms with E-state index in [-0.39, 0.29) is 6.03 Å². The second kappa shape index (κ2) is 10.5. The van der Waals surface area contributed by atoms with E-state index >= 15 is 0 Å². The fourth-order valence-electron chi connectivity index (χ4n) is 2.70. The molecule has 2 amide bonds. The first kappa shape index (κ1) is 19.0. The van der Waals surface area contributed by atoms with Crippen molar-refractivity contribution in [2.24, 2.45) is 0 Å². The molecule has 2 aromatic rings. The van der Waals surface area contributed by atoms with Crippen molar-refractivity contribution >= 4 is 11.7 Å². The molecule has 0 atom stereocenters. The van der Waals surface area contributed by atoms with Crippen LogP contribution in [0.5, 0.6) is 0 Å². The Hall–Kier alpha value is -2.30. The average molecular weight is 343 g/mol. The molecular formula is C20H31N4O+. The maximum atomic E-state index is 11.9. The summed E-state index contributed by atoms with van der Waals surface area (Å²) in [6.45, 7) is 6.92. The number of benzene rings is 1. The number of hydrogen-bond acceptors (Lipinski definition) is 1. The smallest absolute Gasteiger partial charge is 0.319 e. The van der Waals surface area contributed by atoms with Crippen molar-refractivity contribution in [1.29, 1.82) is 0 Å². The molecule has 1 aromatic carbocycles. The lowest BCUT2D eigenvalue weighted by Gasteiger charge is -2.07. The Bertz CT molecular complexity index is 633. The first-order valence-electron chi connectivity index (χ1n) is 9.33. The Kier molecular flexibility index (Phi) is 8.02. The van der Waals surface area contributed by atoms with Crippen molar-refractivity contribution in [3.8, 4) is 0 Å².